The van der Waals surface area contributed by atoms with E-state index in [2.05, 4.69) is 26.6 Å². The summed E-state index contributed by atoms with van der Waals surface area (Å²) >= 11 is 3.33. The molecule has 0 saturated heterocycles. The van der Waals surface area contributed by atoms with Gasteiger partial charge in [-0.15, -0.1) is 12.4 Å². The summed E-state index contributed by atoms with van der Waals surface area (Å²) in [7, 11) is 0. The lowest BCUT2D eigenvalue weighted by molar-refractivity contribution is -0.122. The summed E-state index contributed by atoms with van der Waals surface area (Å²) in [6, 6.07) is 6.76. The number of nitrogens with one attached hydrogen (secondary N) is 2. The Morgan fingerprint density at radius 2 is 1.95 bits per heavy atom. The Balaban J connectivity index is 0.00000441. The number of hydrogen-bond acceptors (Lipinski definition) is 3. The first kappa shape index (κ1) is 20.9. The average molecular weight is 393 g/mol. The summed E-state index contributed by atoms with van der Waals surface area (Å²) in [4.78, 5) is 23.4. The van der Waals surface area contributed by atoms with E-state index >= 15 is 0 Å². The number of nitrogens with two attached hydrogens (primary N) is 1. The van der Waals surface area contributed by atoms with Crippen LogP contribution in [0.4, 0.5) is 0 Å². The molecule has 0 radical (unpaired) electrons. The van der Waals surface area contributed by atoms with Crippen LogP contribution in [0, 0.1) is 0 Å². The second-order valence-electron chi connectivity index (χ2n) is 4.81. The number of benzene rings is 1. The van der Waals surface area contributed by atoms with Crippen molar-refractivity contribution < 1.29 is 9.59 Å². The second-order valence-corrected chi connectivity index (χ2v) is 5.72. The van der Waals surface area contributed by atoms with E-state index in [1.54, 1.807) is 12.1 Å². The van der Waals surface area contributed by atoms with Crippen molar-refractivity contribution in [3.8, 4) is 0 Å². The van der Waals surface area contributed by atoms with Gasteiger partial charge in [-0.2, -0.15) is 0 Å². The van der Waals surface area contributed by atoms with Gasteiger partial charge < -0.3 is 16.4 Å². The predicted octanol–water partition coefficient (Wildman–Crippen LogP) is 2.23. The van der Waals surface area contributed by atoms with Crippen molar-refractivity contribution in [3.05, 3.63) is 34.3 Å². The number of hydrogen-bond donors (Lipinski definition) is 3. The average Bonchev–Trinajstić information content (AvgIpc) is 2.46. The van der Waals surface area contributed by atoms with Crippen LogP contribution in [0.25, 0.3) is 0 Å². The molecule has 0 aliphatic heterocycles. The monoisotopic (exact) mass is 391 g/mol. The van der Waals surface area contributed by atoms with Gasteiger partial charge in [-0.25, -0.2) is 0 Å². The van der Waals surface area contributed by atoms with Crippen LogP contribution < -0.4 is 16.4 Å². The van der Waals surface area contributed by atoms with E-state index in [0.717, 1.165) is 10.9 Å². The third-order valence-electron chi connectivity index (χ3n) is 2.96. The standard InChI is InChI=1S/C15H22BrN3O2.ClH/c1-2-5-13(17)15(21)19-9-4-8-18-14(20)11-6-3-7-12(16)10-11;/h3,6-7,10,13H,2,4-5,8-9,17H2,1H3,(H,18,20)(H,19,21);1H. The van der Waals surface area contributed by atoms with Crippen LogP contribution >= 0.6 is 28.3 Å². The molecule has 0 aliphatic carbocycles. The van der Waals surface area contributed by atoms with Crippen molar-refractivity contribution in [2.75, 3.05) is 13.1 Å². The van der Waals surface area contributed by atoms with Crippen LogP contribution in [0.15, 0.2) is 28.7 Å². The second kappa shape index (κ2) is 11.5. The predicted molar refractivity (Wildman–Crippen MR) is 94.2 cm³/mol. The molecule has 0 heterocycles. The Hall–Kier alpha value is -1.11. The first-order valence-corrected chi connectivity index (χ1v) is 7.91. The highest BCUT2D eigenvalue weighted by atomic mass is 79.9. The van der Waals surface area contributed by atoms with E-state index in [1.165, 1.54) is 0 Å². The minimum atomic E-state index is -0.439. The summed E-state index contributed by atoms with van der Waals surface area (Å²) < 4.78 is 0.868. The highest BCUT2D eigenvalue weighted by Crippen LogP contribution is 2.11. The van der Waals surface area contributed by atoms with E-state index in [-0.39, 0.29) is 24.2 Å². The van der Waals surface area contributed by atoms with E-state index in [1.807, 2.05) is 19.1 Å². The minimum Gasteiger partial charge on any atom is -0.355 e. The van der Waals surface area contributed by atoms with Gasteiger partial charge in [-0.1, -0.05) is 35.3 Å². The molecule has 0 bridgehead atoms. The van der Waals surface area contributed by atoms with E-state index in [4.69, 9.17) is 5.73 Å². The molecule has 0 fully saturated rings. The smallest absolute Gasteiger partial charge is 0.251 e. The highest BCUT2D eigenvalue weighted by molar-refractivity contribution is 9.10. The SMILES string of the molecule is CCCC(N)C(=O)NCCCNC(=O)c1cccc(Br)c1.Cl. The van der Waals surface area contributed by atoms with Gasteiger partial charge in [-0.05, 0) is 31.0 Å². The van der Waals surface area contributed by atoms with Crippen molar-refractivity contribution in [1.29, 1.82) is 0 Å². The van der Waals surface area contributed by atoms with Gasteiger partial charge in [0.25, 0.3) is 5.91 Å². The zero-order chi connectivity index (χ0) is 15.7. The van der Waals surface area contributed by atoms with Gasteiger partial charge in [0.05, 0.1) is 6.04 Å². The fourth-order valence-corrected chi connectivity index (χ4v) is 2.21. The molecule has 1 aromatic carbocycles. The first-order chi connectivity index (χ1) is 10.0. The van der Waals surface area contributed by atoms with Gasteiger partial charge >= 0.3 is 0 Å². The maximum absolute atomic E-state index is 11.8. The zero-order valence-electron chi connectivity index (χ0n) is 12.6. The first-order valence-electron chi connectivity index (χ1n) is 7.11. The minimum absolute atomic E-state index is 0. The maximum atomic E-state index is 11.8. The van der Waals surface area contributed by atoms with Gasteiger partial charge in [-0.3, -0.25) is 9.59 Å². The summed E-state index contributed by atoms with van der Waals surface area (Å²) in [5, 5.41) is 5.58. The van der Waals surface area contributed by atoms with Crippen molar-refractivity contribution in [2.24, 2.45) is 5.73 Å². The van der Waals surface area contributed by atoms with E-state index < -0.39 is 6.04 Å². The lowest BCUT2D eigenvalue weighted by Gasteiger charge is -2.11. The Bertz CT molecular complexity index is 486. The van der Waals surface area contributed by atoms with E-state index in [9.17, 15) is 9.59 Å². The Kier molecular flexibility index (Phi) is 10.9. The topological polar surface area (TPSA) is 84.2 Å². The molecule has 5 nitrogen and oxygen atoms in total. The Morgan fingerprint density at radius 1 is 1.27 bits per heavy atom. The molecule has 0 aromatic heterocycles. The molecule has 22 heavy (non-hydrogen) atoms. The third-order valence-corrected chi connectivity index (χ3v) is 3.45. The number of carbonyl (C=O) groups excluding carboxylic acids is 2. The number of rotatable bonds is 8. The third kappa shape index (κ3) is 7.77. The molecular formula is C15H23BrClN3O2. The van der Waals surface area contributed by atoms with Crippen LogP contribution in [0.1, 0.15) is 36.5 Å². The van der Waals surface area contributed by atoms with Crippen LogP contribution in [0.5, 0.6) is 0 Å². The van der Waals surface area contributed by atoms with Gasteiger partial charge in [0, 0.05) is 23.1 Å². The van der Waals surface area contributed by atoms with Crippen LogP contribution in [-0.4, -0.2) is 30.9 Å². The van der Waals surface area contributed by atoms with Crippen LogP contribution in [0.3, 0.4) is 0 Å². The fraction of sp³-hybridized carbons (Fsp3) is 0.467. The molecule has 1 atom stereocenters. The van der Waals surface area contributed by atoms with Crippen LogP contribution in [-0.2, 0) is 4.79 Å². The lowest BCUT2D eigenvalue weighted by Crippen LogP contribution is -2.41. The normalized spacial score (nSPS) is 11.2. The van der Waals surface area contributed by atoms with Gasteiger partial charge in [0.2, 0.25) is 5.91 Å². The van der Waals surface area contributed by atoms with Gasteiger partial charge in [0.1, 0.15) is 0 Å². The van der Waals surface area contributed by atoms with Crippen molar-refractivity contribution in [3.63, 3.8) is 0 Å². The van der Waals surface area contributed by atoms with Crippen LogP contribution in [0.2, 0.25) is 0 Å². The van der Waals surface area contributed by atoms with Crippen molar-refractivity contribution in [1.82, 2.24) is 10.6 Å². The quantitative estimate of drug-likeness (QED) is 0.593. The Morgan fingerprint density at radius 3 is 2.59 bits per heavy atom. The molecule has 7 heteroatoms. The molecule has 2 amide bonds. The Labute approximate surface area is 145 Å². The molecular weight excluding hydrogens is 370 g/mol. The fourth-order valence-electron chi connectivity index (χ4n) is 1.81. The number of carbonyl (C=O) groups is 2. The summed E-state index contributed by atoms with van der Waals surface area (Å²) in [5.74, 6) is -0.250. The maximum Gasteiger partial charge on any atom is 0.251 e. The molecule has 1 aromatic rings. The van der Waals surface area contributed by atoms with Crippen molar-refractivity contribution >= 4 is 40.2 Å². The zero-order valence-corrected chi connectivity index (χ0v) is 15.0. The molecule has 1 unspecified atom stereocenters. The molecule has 0 saturated carbocycles. The number of halogens is 2. The highest BCUT2D eigenvalue weighted by Gasteiger charge is 2.11. The summed E-state index contributed by atoms with van der Waals surface area (Å²) in [6.45, 7) is 3.01. The summed E-state index contributed by atoms with van der Waals surface area (Å²) in [5.41, 5.74) is 6.30. The molecule has 1 rings (SSSR count). The van der Waals surface area contributed by atoms with Crippen molar-refractivity contribution in [2.45, 2.75) is 32.2 Å². The molecule has 4 N–H and O–H groups in total. The van der Waals surface area contributed by atoms with Gasteiger partial charge in [0.15, 0.2) is 0 Å². The molecule has 124 valence electrons. The van der Waals surface area contributed by atoms with E-state index in [0.29, 0.717) is 31.5 Å². The number of amides is 2. The summed E-state index contributed by atoms with van der Waals surface area (Å²) in [6.07, 6.45) is 2.24. The lowest BCUT2D eigenvalue weighted by atomic mass is 10.1. The molecule has 0 spiro atoms. The molecule has 0 aliphatic rings. The largest absolute Gasteiger partial charge is 0.355 e.